The molecule has 2 aliphatic carbocycles. The van der Waals surface area contributed by atoms with Crippen LogP contribution in [0.1, 0.15) is 40.5 Å². The molecular formula is C14H22O2. The minimum absolute atomic E-state index is 0.0607. The largest absolute Gasteiger partial charge is 0.368 e. The van der Waals surface area contributed by atoms with Gasteiger partial charge in [-0.15, -0.1) is 0 Å². The van der Waals surface area contributed by atoms with Crippen molar-refractivity contribution in [3.8, 4) is 0 Å². The van der Waals surface area contributed by atoms with Gasteiger partial charge in [0.25, 0.3) is 0 Å². The van der Waals surface area contributed by atoms with Gasteiger partial charge in [0.15, 0.2) is 0 Å². The highest BCUT2D eigenvalue weighted by atomic mass is 16.6. The lowest BCUT2D eigenvalue weighted by Crippen LogP contribution is -2.38. The van der Waals surface area contributed by atoms with Crippen molar-refractivity contribution >= 4 is 0 Å². The van der Waals surface area contributed by atoms with Gasteiger partial charge in [0.2, 0.25) is 0 Å². The Bertz CT molecular complexity index is 305. The highest BCUT2D eigenvalue weighted by molar-refractivity contribution is 5.24. The minimum Gasteiger partial charge on any atom is -0.368 e. The average Bonchev–Trinajstić information content (AvgIpc) is 2.92. The van der Waals surface area contributed by atoms with Gasteiger partial charge in [-0.25, -0.2) is 0 Å². The molecule has 0 aromatic heterocycles. The van der Waals surface area contributed by atoms with E-state index in [1.54, 1.807) is 0 Å². The van der Waals surface area contributed by atoms with Crippen LogP contribution in [-0.2, 0) is 9.47 Å². The standard InChI is InChI=1S/C14H22O2/c1-10-6-5-7-12(16-14(2,3)4)13(10)15-11-8-9-11/h5-7,11-13H,8-9H2,1-4H3. The fourth-order valence-electron chi connectivity index (χ4n) is 1.88. The fourth-order valence-corrected chi connectivity index (χ4v) is 1.88. The molecule has 1 saturated carbocycles. The molecule has 0 aliphatic heterocycles. The van der Waals surface area contributed by atoms with Crippen LogP contribution in [-0.4, -0.2) is 23.9 Å². The zero-order valence-corrected chi connectivity index (χ0v) is 10.7. The maximum atomic E-state index is 6.04. The van der Waals surface area contributed by atoms with Crippen LogP contribution in [0.5, 0.6) is 0 Å². The first-order chi connectivity index (χ1) is 7.46. The highest BCUT2D eigenvalue weighted by Gasteiger charge is 2.34. The molecular weight excluding hydrogens is 200 g/mol. The van der Waals surface area contributed by atoms with E-state index in [9.17, 15) is 0 Å². The summed E-state index contributed by atoms with van der Waals surface area (Å²) >= 11 is 0. The van der Waals surface area contributed by atoms with Crippen molar-refractivity contribution in [1.29, 1.82) is 0 Å². The molecule has 90 valence electrons. The second kappa shape index (κ2) is 4.34. The number of rotatable bonds is 3. The molecule has 0 spiro atoms. The quantitative estimate of drug-likeness (QED) is 0.730. The van der Waals surface area contributed by atoms with Gasteiger partial charge < -0.3 is 9.47 Å². The third kappa shape index (κ3) is 3.19. The van der Waals surface area contributed by atoms with Gasteiger partial charge in [-0.05, 0) is 46.1 Å². The lowest BCUT2D eigenvalue weighted by Gasteiger charge is -2.33. The molecule has 0 heterocycles. The normalized spacial score (nSPS) is 30.4. The Morgan fingerprint density at radius 2 is 1.94 bits per heavy atom. The predicted molar refractivity (Wildman–Crippen MR) is 65.4 cm³/mol. The molecule has 2 aliphatic rings. The smallest absolute Gasteiger partial charge is 0.109 e. The summed E-state index contributed by atoms with van der Waals surface area (Å²) in [7, 11) is 0. The van der Waals surface area contributed by atoms with Crippen molar-refractivity contribution in [2.75, 3.05) is 0 Å². The third-order valence-electron chi connectivity index (χ3n) is 2.76. The maximum Gasteiger partial charge on any atom is 0.109 e. The Kier molecular flexibility index (Phi) is 3.22. The number of ether oxygens (including phenoxy) is 2. The van der Waals surface area contributed by atoms with E-state index in [-0.39, 0.29) is 17.8 Å². The highest BCUT2D eigenvalue weighted by Crippen LogP contribution is 2.31. The van der Waals surface area contributed by atoms with Crippen molar-refractivity contribution in [3.05, 3.63) is 23.8 Å². The first-order valence-electron chi connectivity index (χ1n) is 6.14. The number of hydrogen-bond acceptors (Lipinski definition) is 2. The van der Waals surface area contributed by atoms with Gasteiger partial charge in [0.05, 0.1) is 11.7 Å². The lowest BCUT2D eigenvalue weighted by molar-refractivity contribution is -0.101. The van der Waals surface area contributed by atoms with Crippen LogP contribution in [0, 0.1) is 0 Å². The van der Waals surface area contributed by atoms with E-state index in [2.05, 4.69) is 45.9 Å². The van der Waals surface area contributed by atoms with Crippen molar-refractivity contribution in [2.45, 2.75) is 64.4 Å². The molecule has 0 bridgehead atoms. The molecule has 2 atom stereocenters. The molecule has 16 heavy (non-hydrogen) atoms. The topological polar surface area (TPSA) is 18.5 Å². The molecule has 0 aromatic carbocycles. The summed E-state index contributed by atoms with van der Waals surface area (Å²) in [5.74, 6) is 0. The first kappa shape index (κ1) is 11.9. The van der Waals surface area contributed by atoms with Crippen molar-refractivity contribution < 1.29 is 9.47 Å². The molecule has 2 heteroatoms. The van der Waals surface area contributed by atoms with Crippen molar-refractivity contribution in [2.24, 2.45) is 0 Å². The predicted octanol–water partition coefficient (Wildman–Crippen LogP) is 3.23. The second-order valence-electron chi connectivity index (χ2n) is 5.75. The molecule has 2 unspecified atom stereocenters. The van der Waals surface area contributed by atoms with Crippen molar-refractivity contribution in [3.63, 3.8) is 0 Å². The van der Waals surface area contributed by atoms with Crippen molar-refractivity contribution in [1.82, 2.24) is 0 Å². The summed E-state index contributed by atoms with van der Waals surface area (Å²) in [6.45, 7) is 8.38. The van der Waals surface area contributed by atoms with E-state index in [4.69, 9.17) is 9.47 Å². The molecule has 0 saturated heterocycles. The molecule has 1 fully saturated rings. The van der Waals surface area contributed by atoms with Gasteiger partial charge >= 0.3 is 0 Å². The van der Waals surface area contributed by atoms with Gasteiger partial charge in [0, 0.05) is 0 Å². The Hall–Kier alpha value is -0.600. The fraction of sp³-hybridized carbons (Fsp3) is 0.714. The summed E-state index contributed by atoms with van der Waals surface area (Å²) in [5.41, 5.74) is 1.14. The van der Waals surface area contributed by atoms with E-state index in [1.807, 2.05) is 0 Å². The van der Waals surface area contributed by atoms with Crippen LogP contribution in [0.4, 0.5) is 0 Å². The molecule has 0 N–H and O–H groups in total. The minimum atomic E-state index is -0.127. The van der Waals surface area contributed by atoms with Gasteiger partial charge in [-0.1, -0.05) is 18.2 Å². The Balaban J connectivity index is 2.03. The summed E-state index contributed by atoms with van der Waals surface area (Å²) in [6, 6.07) is 0. The van der Waals surface area contributed by atoms with E-state index in [1.165, 1.54) is 18.4 Å². The molecule has 0 radical (unpaired) electrons. The van der Waals surface area contributed by atoms with E-state index < -0.39 is 0 Å². The number of hydrogen-bond donors (Lipinski definition) is 0. The number of allylic oxidation sites excluding steroid dienone is 2. The third-order valence-corrected chi connectivity index (χ3v) is 2.76. The zero-order chi connectivity index (χ0) is 11.8. The van der Waals surface area contributed by atoms with Crippen LogP contribution < -0.4 is 0 Å². The SMILES string of the molecule is CC1=CC=CC(OC(C)(C)C)C1OC1CC1. The maximum absolute atomic E-state index is 6.04. The van der Waals surface area contributed by atoms with Crippen LogP contribution >= 0.6 is 0 Å². The summed E-state index contributed by atoms with van der Waals surface area (Å²) in [6.07, 6.45) is 9.33. The monoisotopic (exact) mass is 222 g/mol. The zero-order valence-electron chi connectivity index (χ0n) is 10.7. The molecule has 2 nitrogen and oxygen atoms in total. The van der Waals surface area contributed by atoms with Crippen LogP contribution in [0.15, 0.2) is 23.8 Å². The Morgan fingerprint density at radius 3 is 2.50 bits per heavy atom. The van der Waals surface area contributed by atoms with Crippen LogP contribution in [0.2, 0.25) is 0 Å². The Labute approximate surface area is 98.3 Å². The van der Waals surface area contributed by atoms with Gasteiger partial charge in [0.1, 0.15) is 12.2 Å². The van der Waals surface area contributed by atoms with Crippen LogP contribution in [0.3, 0.4) is 0 Å². The van der Waals surface area contributed by atoms with E-state index in [0.717, 1.165) is 0 Å². The van der Waals surface area contributed by atoms with E-state index >= 15 is 0 Å². The van der Waals surface area contributed by atoms with Gasteiger partial charge in [-0.2, -0.15) is 0 Å². The van der Waals surface area contributed by atoms with Crippen LogP contribution in [0.25, 0.3) is 0 Å². The Morgan fingerprint density at radius 1 is 1.25 bits per heavy atom. The second-order valence-corrected chi connectivity index (χ2v) is 5.75. The summed E-state index contributed by atoms with van der Waals surface area (Å²) in [5, 5.41) is 0. The lowest BCUT2D eigenvalue weighted by atomic mass is 9.99. The average molecular weight is 222 g/mol. The van der Waals surface area contributed by atoms with Gasteiger partial charge in [-0.3, -0.25) is 0 Å². The molecule has 2 rings (SSSR count). The molecule has 0 amide bonds. The van der Waals surface area contributed by atoms with E-state index in [0.29, 0.717) is 6.10 Å². The summed E-state index contributed by atoms with van der Waals surface area (Å²) < 4.78 is 12.1. The molecule has 0 aromatic rings. The first-order valence-corrected chi connectivity index (χ1v) is 6.14. The summed E-state index contributed by atoms with van der Waals surface area (Å²) in [4.78, 5) is 0.